The van der Waals surface area contributed by atoms with E-state index in [0.29, 0.717) is 11.3 Å². The Bertz CT molecular complexity index is 1140. The molecule has 0 radical (unpaired) electrons. The maximum Gasteiger partial charge on any atom is 0.339 e. The molecule has 0 unspecified atom stereocenters. The van der Waals surface area contributed by atoms with Gasteiger partial charge in [-0.2, -0.15) is 0 Å². The van der Waals surface area contributed by atoms with Crippen LogP contribution < -0.4 is 33.6 Å². The van der Waals surface area contributed by atoms with Gasteiger partial charge in [-0.05, 0) is 48.5 Å². The molecule has 4 aromatic carbocycles. The van der Waals surface area contributed by atoms with Crippen LogP contribution in [0.3, 0.4) is 0 Å². The summed E-state index contributed by atoms with van der Waals surface area (Å²) >= 11 is 0. The number of amides is 1. The Morgan fingerprint density at radius 3 is 1.53 bits per heavy atom. The van der Waals surface area contributed by atoms with E-state index in [1.807, 2.05) is 54.6 Å². The number of nitrogens with one attached hydrogen (secondary N) is 1. The number of rotatable bonds is 7. The number of methoxy groups -OCH3 is 1. The molecule has 4 aromatic rings. The van der Waals surface area contributed by atoms with Crippen molar-refractivity contribution < 1.29 is 26.7 Å². The number of halogens is 1. The molecule has 0 aromatic heterocycles. The third kappa shape index (κ3) is 5.20. The van der Waals surface area contributed by atoms with Crippen molar-refractivity contribution in [1.29, 1.82) is 0 Å². The highest BCUT2D eigenvalue weighted by Gasteiger charge is 2.47. The summed E-state index contributed by atoms with van der Waals surface area (Å²) in [5.74, 6) is -0.641. The number of para-hydroxylation sites is 1. The molecule has 0 fully saturated rings. The van der Waals surface area contributed by atoms with Gasteiger partial charge >= 0.3 is 5.97 Å². The largest absolute Gasteiger partial charge is 1.00 e. The van der Waals surface area contributed by atoms with Gasteiger partial charge in [-0.3, -0.25) is 4.79 Å². The molecule has 0 saturated heterocycles. The zero-order chi connectivity index (χ0) is 23.1. The first-order valence-electron chi connectivity index (χ1n) is 10.7. The number of anilines is 1. The van der Waals surface area contributed by atoms with Crippen LogP contribution in [0.25, 0.3) is 0 Å². The molecule has 6 heteroatoms. The van der Waals surface area contributed by atoms with E-state index < -0.39 is 13.2 Å². The SMILES string of the molecule is COC(=O)c1ccccc1NC(=O)C[P+](c1ccccc1)(c1ccccc1)c1ccccc1.[Cl-]. The Kier molecular flexibility index (Phi) is 8.59. The fourth-order valence-corrected chi connectivity index (χ4v) is 8.05. The van der Waals surface area contributed by atoms with E-state index in [1.165, 1.54) is 7.11 Å². The minimum Gasteiger partial charge on any atom is -1.00 e. The van der Waals surface area contributed by atoms with Gasteiger partial charge < -0.3 is 22.5 Å². The van der Waals surface area contributed by atoms with E-state index in [9.17, 15) is 9.59 Å². The van der Waals surface area contributed by atoms with Crippen molar-refractivity contribution in [1.82, 2.24) is 0 Å². The van der Waals surface area contributed by atoms with E-state index in [-0.39, 0.29) is 24.5 Å². The smallest absolute Gasteiger partial charge is 0.339 e. The first-order valence-corrected chi connectivity index (χ1v) is 12.6. The van der Waals surface area contributed by atoms with Crippen molar-refractivity contribution >= 4 is 40.7 Å². The summed E-state index contributed by atoms with van der Waals surface area (Å²) in [6.07, 6.45) is 0.264. The molecule has 4 rings (SSSR count). The Morgan fingerprint density at radius 2 is 1.09 bits per heavy atom. The van der Waals surface area contributed by atoms with Crippen molar-refractivity contribution in [2.24, 2.45) is 0 Å². The maximum atomic E-state index is 13.6. The van der Waals surface area contributed by atoms with Crippen LogP contribution in [0, 0.1) is 0 Å². The van der Waals surface area contributed by atoms with Crippen molar-refractivity contribution in [2.75, 3.05) is 18.6 Å². The van der Waals surface area contributed by atoms with Crippen molar-refractivity contribution in [3.8, 4) is 0 Å². The number of esters is 1. The van der Waals surface area contributed by atoms with Gasteiger partial charge in [0.15, 0.2) is 6.16 Å². The number of hydrogen-bond donors (Lipinski definition) is 1. The van der Waals surface area contributed by atoms with Gasteiger partial charge in [0.1, 0.15) is 23.2 Å². The number of ether oxygens (including phenoxy) is 1. The predicted molar refractivity (Wildman–Crippen MR) is 136 cm³/mol. The molecular weight excluding hydrogens is 465 g/mol. The summed E-state index contributed by atoms with van der Waals surface area (Å²) in [7, 11) is -0.989. The zero-order valence-corrected chi connectivity index (χ0v) is 20.4. The fraction of sp³-hybridized carbons (Fsp3) is 0.0714. The third-order valence-corrected chi connectivity index (χ3v) is 9.88. The van der Waals surface area contributed by atoms with Gasteiger partial charge in [-0.25, -0.2) is 4.79 Å². The maximum absolute atomic E-state index is 13.6. The molecule has 0 aliphatic rings. The Morgan fingerprint density at radius 1 is 0.676 bits per heavy atom. The highest BCUT2D eigenvalue weighted by atomic mass is 35.5. The van der Waals surface area contributed by atoms with Crippen LogP contribution in [0.5, 0.6) is 0 Å². The van der Waals surface area contributed by atoms with Gasteiger partial charge in [0.2, 0.25) is 0 Å². The molecule has 0 spiro atoms. The number of carbonyl (C=O) groups is 2. The quantitative estimate of drug-likeness (QED) is 0.315. The lowest BCUT2D eigenvalue weighted by Gasteiger charge is -2.27. The second-order valence-corrected chi connectivity index (χ2v) is 11.0. The monoisotopic (exact) mass is 489 g/mol. The molecular formula is C28H25ClNO3P. The van der Waals surface area contributed by atoms with Crippen LogP contribution in [0.4, 0.5) is 5.69 Å². The molecule has 34 heavy (non-hydrogen) atoms. The molecule has 0 bridgehead atoms. The van der Waals surface area contributed by atoms with Crippen molar-refractivity contribution in [3.05, 3.63) is 121 Å². The number of hydrogen-bond acceptors (Lipinski definition) is 3. The molecule has 0 atom stereocenters. The molecule has 4 nitrogen and oxygen atoms in total. The lowest BCUT2D eigenvalue weighted by Crippen LogP contribution is -3.00. The standard InChI is InChI=1S/C28H24NO3P.ClH/c1-32-28(31)25-19-11-12-20-26(25)29-27(30)21-33(22-13-5-2-6-14-22,23-15-7-3-8-16-23)24-17-9-4-10-18-24;/h2-20H,21H2,1H3;1H. The minimum absolute atomic E-state index is 0. The lowest BCUT2D eigenvalue weighted by atomic mass is 10.2. The zero-order valence-electron chi connectivity index (χ0n) is 18.7. The van der Waals surface area contributed by atoms with Gasteiger partial charge in [-0.1, -0.05) is 66.7 Å². The third-order valence-electron chi connectivity index (χ3n) is 5.58. The highest BCUT2D eigenvalue weighted by Crippen LogP contribution is 2.55. The first-order chi connectivity index (χ1) is 16.1. The first kappa shape index (κ1) is 25.2. The van der Waals surface area contributed by atoms with Gasteiger partial charge in [-0.15, -0.1) is 0 Å². The van der Waals surface area contributed by atoms with Gasteiger partial charge in [0, 0.05) is 0 Å². The second-order valence-electron chi connectivity index (χ2n) is 7.56. The van der Waals surface area contributed by atoms with Crippen LogP contribution >= 0.6 is 7.26 Å². The summed E-state index contributed by atoms with van der Waals surface area (Å²) in [6, 6.07) is 37.6. The van der Waals surface area contributed by atoms with Crippen LogP contribution in [-0.2, 0) is 9.53 Å². The molecule has 1 N–H and O–H groups in total. The topological polar surface area (TPSA) is 55.4 Å². The van der Waals surface area contributed by atoms with Crippen LogP contribution in [0.2, 0.25) is 0 Å². The number of carbonyl (C=O) groups excluding carboxylic acids is 2. The predicted octanol–water partition coefficient (Wildman–Crippen LogP) is 1.41. The van der Waals surface area contributed by atoms with Gasteiger partial charge in [0.05, 0.1) is 18.4 Å². The lowest BCUT2D eigenvalue weighted by molar-refractivity contribution is -0.113. The van der Waals surface area contributed by atoms with Crippen LogP contribution in [0.1, 0.15) is 10.4 Å². The van der Waals surface area contributed by atoms with E-state index in [2.05, 4.69) is 41.7 Å². The molecule has 0 saturated carbocycles. The molecule has 172 valence electrons. The normalized spacial score (nSPS) is 10.6. The Balaban J connectivity index is 0.00000324. The summed E-state index contributed by atoms with van der Waals surface area (Å²) in [5.41, 5.74) is 0.776. The molecule has 1 amide bonds. The fourth-order valence-electron chi connectivity index (χ4n) is 4.05. The summed E-state index contributed by atoms with van der Waals surface area (Å²) in [4.78, 5) is 25.8. The van der Waals surface area contributed by atoms with E-state index in [1.54, 1.807) is 24.3 Å². The molecule has 0 aliphatic carbocycles. The molecule has 0 aliphatic heterocycles. The van der Waals surface area contributed by atoms with Crippen LogP contribution in [-0.4, -0.2) is 25.1 Å². The van der Waals surface area contributed by atoms with E-state index in [0.717, 1.165) is 15.9 Å². The summed E-state index contributed by atoms with van der Waals surface area (Å²) in [6.45, 7) is 0. The van der Waals surface area contributed by atoms with Crippen molar-refractivity contribution in [2.45, 2.75) is 0 Å². The average Bonchev–Trinajstić information content (AvgIpc) is 2.88. The van der Waals surface area contributed by atoms with E-state index in [4.69, 9.17) is 4.74 Å². The highest BCUT2D eigenvalue weighted by molar-refractivity contribution is 7.96. The van der Waals surface area contributed by atoms with Crippen LogP contribution in [0.15, 0.2) is 115 Å². The minimum atomic E-state index is -2.32. The Labute approximate surface area is 206 Å². The summed E-state index contributed by atoms with van der Waals surface area (Å²) < 4.78 is 4.88. The van der Waals surface area contributed by atoms with Gasteiger partial charge in [0.25, 0.3) is 5.91 Å². The Hall–Kier alpha value is -3.46. The number of benzene rings is 4. The molecule has 0 heterocycles. The van der Waals surface area contributed by atoms with E-state index >= 15 is 0 Å². The average molecular weight is 490 g/mol. The van der Waals surface area contributed by atoms with Crippen molar-refractivity contribution in [3.63, 3.8) is 0 Å². The summed E-state index contributed by atoms with van der Waals surface area (Å²) in [5, 5.41) is 6.35. The second kappa shape index (κ2) is 11.6.